The van der Waals surface area contributed by atoms with Crippen LogP contribution in [-0.4, -0.2) is 85.5 Å². The van der Waals surface area contributed by atoms with Crippen LogP contribution in [0, 0.1) is 0 Å². The highest BCUT2D eigenvalue weighted by molar-refractivity contribution is 7.89. The first-order valence-corrected chi connectivity index (χ1v) is 11.1. The summed E-state index contributed by atoms with van der Waals surface area (Å²) in [7, 11) is 0.774. The molecule has 0 unspecified atom stereocenters. The van der Waals surface area contributed by atoms with Gasteiger partial charge in [0, 0.05) is 31.7 Å². The molecule has 2 N–H and O–H groups in total. The van der Waals surface area contributed by atoms with Crippen LogP contribution in [0.5, 0.6) is 0 Å². The number of hydrogen-bond donors (Lipinski definition) is 1. The number of rotatable bonds is 7. The molecule has 0 aromatic heterocycles. The molecule has 3 aliphatic heterocycles. The van der Waals surface area contributed by atoms with E-state index in [1.165, 1.54) is 0 Å². The number of carbonyl (C=O) groups excluding carboxylic acids is 1. The largest absolute Gasteiger partial charge is 0.368 e. The van der Waals surface area contributed by atoms with Gasteiger partial charge in [0.1, 0.15) is 5.54 Å². The lowest BCUT2D eigenvalue weighted by atomic mass is 9.87. The first kappa shape index (κ1) is 19.1. The van der Waals surface area contributed by atoms with Crippen molar-refractivity contribution in [2.24, 2.45) is 5.73 Å². The summed E-state index contributed by atoms with van der Waals surface area (Å²) in [6, 6.07) is 0.708. The van der Waals surface area contributed by atoms with Crippen molar-refractivity contribution in [3.8, 4) is 0 Å². The molecule has 144 valence electrons. The molecule has 0 saturated carbocycles. The SMILES string of the molecule is CN(C)[C@@H]1CCN(S(=O)(=O)CCCN2[C@@H]3CCC[C@@]2(C(N)=O)CC3)C1. The van der Waals surface area contributed by atoms with Crippen LogP contribution in [0.25, 0.3) is 0 Å². The third-order valence-corrected chi connectivity index (χ3v) is 8.44. The van der Waals surface area contributed by atoms with Gasteiger partial charge in [0.2, 0.25) is 15.9 Å². The molecule has 3 rings (SSSR count). The van der Waals surface area contributed by atoms with E-state index in [1.807, 2.05) is 14.1 Å². The van der Waals surface area contributed by atoms with Crippen molar-refractivity contribution in [3.05, 3.63) is 0 Å². The van der Waals surface area contributed by atoms with Crippen LogP contribution in [0.15, 0.2) is 0 Å². The smallest absolute Gasteiger partial charge is 0.237 e. The third kappa shape index (κ3) is 3.59. The Balaban J connectivity index is 1.56. The Morgan fingerprint density at radius 2 is 2.00 bits per heavy atom. The molecule has 7 nitrogen and oxygen atoms in total. The van der Waals surface area contributed by atoms with E-state index in [2.05, 4.69) is 9.80 Å². The second-order valence-corrected chi connectivity index (χ2v) is 10.2. The molecule has 2 bridgehead atoms. The van der Waals surface area contributed by atoms with Gasteiger partial charge in [0.25, 0.3) is 0 Å². The molecule has 0 aromatic carbocycles. The fourth-order valence-electron chi connectivity index (χ4n) is 4.97. The summed E-state index contributed by atoms with van der Waals surface area (Å²) in [5.41, 5.74) is 5.20. The zero-order valence-electron chi connectivity index (χ0n) is 15.5. The monoisotopic (exact) mass is 372 g/mol. The summed E-state index contributed by atoms with van der Waals surface area (Å²) >= 11 is 0. The van der Waals surface area contributed by atoms with E-state index in [1.54, 1.807) is 4.31 Å². The zero-order valence-corrected chi connectivity index (χ0v) is 16.3. The van der Waals surface area contributed by atoms with Crippen LogP contribution in [-0.2, 0) is 14.8 Å². The van der Waals surface area contributed by atoms with Gasteiger partial charge in [0.05, 0.1) is 5.75 Å². The van der Waals surface area contributed by atoms with E-state index in [-0.39, 0.29) is 11.7 Å². The fourth-order valence-corrected chi connectivity index (χ4v) is 6.50. The van der Waals surface area contributed by atoms with Crippen LogP contribution in [0.1, 0.15) is 44.9 Å². The summed E-state index contributed by atoms with van der Waals surface area (Å²) in [5.74, 6) is -0.0727. The Morgan fingerprint density at radius 3 is 2.64 bits per heavy atom. The molecule has 3 saturated heterocycles. The van der Waals surface area contributed by atoms with Gasteiger partial charge in [-0.1, -0.05) is 0 Å². The molecule has 3 fully saturated rings. The fraction of sp³-hybridized carbons (Fsp3) is 0.941. The minimum Gasteiger partial charge on any atom is -0.368 e. The predicted molar refractivity (Wildman–Crippen MR) is 97.6 cm³/mol. The van der Waals surface area contributed by atoms with Gasteiger partial charge in [0.15, 0.2) is 0 Å². The lowest BCUT2D eigenvalue weighted by Crippen LogP contribution is -2.58. The van der Waals surface area contributed by atoms with Crippen LogP contribution >= 0.6 is 0 Å². The number of hydrogen-bond acceptors (Lipinski definition) is 5. The highest BCUT2D eigenvalue weighted by atomic mass is 32.2. The van der Waals surface area contributed by atoms with Crippen molar-refractivity contribution >= 4 is 15.9 Å². The Hall–Kier alpha value is -0.700. The van der Waals surface area contributed by atoms with Crippen LogP contribution < -0.4 is 5.73 Å². The van der Waals surface area contributed by atoms with Gasteiger partial charge < -0.3 is 10.6 Å². The predicted octanol–water partition coefficient (Wildman–Crippen LogP) is 0.215. The van der Waals surface area contributed by atoms with Gasteiger partial charge in [-0.3, -0.25) is 9.69 Å². The molecule has 3 aliphatic rings. The molecule has 3 heterocycles. The molecule has 0 radical (unpaired) electrons. The second kappa shape index (κ2) is 7.13. The molecule has 0 aliphatic carbocycles. The number of piperidine rings is 1. The van der Waals surface area contributed by atoms with Crippen molar-refractivity contribution in [1.82, 2.24) is 14.1 Å². The van der Waals surface area contributed by atoms with E-state index in [0.29, 0.717) is 38.1 Å². The topological polar surface area (TPSA) is 87.0 Å². The number of fused-ring (bicyclic) bond motifs is 2. The molecule has 8 heteroatoms. The summed E-state index contributed by atoms with van der Waals surface area (Å²) < 4.78 is 26.9. The van der Waals surface area contributed by atoms with Crippen molar-refractivity contribution < 1.29 is 13.2 Å². The van der Waals surface area contributed by atoms with Crippen LogP contribution in [0.4, 0.5) is 0 Å². The van der Waals surface area contributed by atoms with E-state index < -0.39 is 15.6 Å². The standard InChI is InChI=1S/C17H32N4O3S/c1-19(2)15-7-11-20(13-15)25(23,24)12-4-10-21-14-5-3-8-17(21,9-6-14)16(18)22/h14-15H,3-13H2,1-2H3,(H2,18,22)/t14-,15-,17+/m1/s1. The molecular formula is C17H32N4O3S. The maximum atomic E-state index is 12.6. The maximum Gasteiger partial charge on any atom is 0.237 e. The average molecular weight is 373 g/mol. The van der Waals surface area contributed by atoms with Gasteiger partial charge in [-0.15, -0.1) is 0 Å². The summed E-state index contributed by atoms with van der Waals surface area (Å²) in [4.78, 5) is 16.4. The number of likely N-dealkylation sites (N-methyl/N-ethyl adjacent to an activating group) is 1. The minimum absolute atomic E-state index is 0.158. The third-order valence-electron chi connectivity index (χ3n) is 6.52. The highest BCUT2D eigenvalue weighted by Gasteiger charge is 2.52. The number of nitrogens with zero attached hydrogens (tertiary/aromatic N) is 3. The number of carbonyl (C=O) groups is 1. The van der Waals surface area contributed by atoms with E-state index in [0.717, 1.165) is 38.5 Å². The quantitative estimate of drug-likeness (QED) is 0.691. The second-order valence-electron chi connectivity index (χ2n) is 8.11. The number of sulfonamides is 1. The van der Waals surface area contributed by atoms with Gasteiger partial charge in [-0.25, -0.2) is 12.7 Å². The summed E-state index contributed by atoms with van der Waals surface area (Å²) in [5, 5.41) is 0. The molecule has 0 aromatic rings. The first-order chi connectivity index (χ1) is 11.8. The number of primary amides is 1. The maximum absolute atomic E-state index is 12.6. The Kier molecular flexibility index (Phi) is 5.44. The Bertz CT molecular complexity index is 605. The van der Waals surface area contributed by atoms with Crippen LogP contribution in [0.2, 0.25) is 0 Å². The van der Waals surface area contributed by atoms with Crippen molar-refractivity contribution in [2.45, 2.75) is 62.6 Å². The molecule has 3 atom stereocenters. The highest BCUT2D eigenvalue weighted by Crippen LogP contribution is 2.44. The lowest BCUT2D eigenvalue weighted by molar-refractivity contribution is -0.131. The van der Waals surface area contributed by atoms with Gasteiger partial charge in [-0.05, 0) is 59.0 Å². The van der Waals surface area contributed by atoms with Crippen molar-refractivity contribution in [3.63, 3.8) is 0 Å². The zero-order chi connectivity index (χ0) is 18.2. The summed E-state index contributed by atoms with van der Waals surface area (Å²) in [6.07, 6.45) is 6.26. The van der Waals surface area contributed by atoms with E-state index in [9.17, 15) is 13.2 Å². The Labute approximate surface area is 151 Å². The lowest BCUT2D eigenvalue weighted by Gasteiger charge is -2.42. The average Bonchev–Trinajstić information content (AvgIpc) is 3.10. The van der Waals surface area contributed by atoms with Crippen molar-refractivity contribution in [2.75, 3.05) is 39.5 Å². The molecular weight excluding hydrogens is 340 g/mol. The van der Waals surface area contributed by atoms with Crippen LogP contribution in [0.3, 0.4) is 0 Å². The molecule has 0 spiro atoms. The van der Waals surface area contributed by atoms with Gasteiger partial charge in [-0.2, -0.15) is 0 Å². The van der Waals surface area contributed by atoms with E-state index in [4.69, 9.17) is 5.73 Å². The minimum atomic E-state index is -3.22. The summed E-state index contributed by atoms with van der Waals surface area (Å²) in [6.45, 7) is 1.85. The Morgan fingerprint density at radius 1 is 1.24 bits per heavy atom. The molecule has 25 heavy (non-hydrogen) atoms. The normalized spacial score (nSPS) is 34.0. The first-order valence-electron chi connectivity index (χ1n) is 9.47. The van der Waals surface area contributed by atoms with Gasteiger partial charge >= 0.3 is 0 Å². The van der Waals surface area contributed by atoms with Crippen molar-refractivity contribution in [1.29, 1.82) is 0 Å². The molecule has 1 amide bonds. The van der Waals surface area contributed by atoms with E-state index >= 15 is 0 Å². The number of nitrogens with two attached hydrogens (primary N) is 1. The number of amides is 1.